The third-order valence-corrected chi connectivity index (χ3v) is 2.49. The van der Waals surface area contributed by atoms with Crippen molar-refractivity contribution in [3.8, 4) is 11.3 Å². The molecule has 0 atom stereocenters. The molecular formula is C12H15N5. The highest BCUT2D eigenvalue weighted by molar-refractivity contribution is 5.60. The highest BCUT2D eigenvalue weighted by Gasteiger charge is 2.07. The summed E-state index contributed by atoms with van der Waals surface area (Å²) < 4.78 is 0. The molecule has 0 aliphatic carbocycles. The van der Waals surface area contributed by atoms with Gasteiger partial charge in [-0.2, -0.15) is 0 Å². The summed E-state index contributed by atoms with van der Waals surface area (Å²) in [6.45, 7) is 2.12. The number of nitrogen functional groups attached to an aromatic ring is 1. The first-order valence-electron chi connectivity index (χ1n) is 5.58. The molecule has 5 heteroatoms. The minimum atomic E-state index is 0.638. The Morgan fingerprint density at radius 2 is 2.24 bits per heavy atom. The minimum Gasteiger partial charge on any atom is -0.307 e. The number of nitrogens with zero attached hydrogens (tertiary/aromatic N) is 3. The number of aromatic nitrogens is 3. The van der Waals surface area contributed by atoms with Crippen LogP contribution in [0.5, 0.6) is 0 Å². The predicted molar refractivity (Wildman–Crippen MR) is 67.1 cm³/mol. The van der Waals surface area contributed by atoms with Crippen molar-refractivity contribution >= 4 is 5.82 Å². The van der Waals surface area contributed by atoms with Crippen molar-refractivity contribution in [2.45, 2.75) is 19.8 Å². The van der Waals surface area contributed by atoms with Crippen LogP contribution in [0.2, 0.25) is 0 Å². The largest absolute Gasteiger partial charge is 0.307 e. The molecule has 88 valence electrons. The van der Waals surface area contributed by atoms with Gasteiger partial charge in [0.15, 0.2) is 5.82 Å². The number of nitrogens with two attached hydrogens (primary N) is 1. The summed E-state index contributed by atoms with van der Waals surface area (Å²) in [6, 6.07) is 5.84. The molecule has 2 aromatic rings. The summed E-state index contributed by atoms with van der Waals surface area (Å²) in [7, 11) is 0. The molecule has 2 heterocycles. The molecule has 0 spiro atoms. The molecule has 0 aliphatic rings. The lowest BCUT2D eigenvalue weighted by Crippen LogP contribution is -2.12. The van der Waals surface area contributed by atoms with Crippen LogP contribution in [0.15, 0.2) is 30.6 Å². The first-order valence-corrected chi connectivity index (χ1v) is 5.58. The molecule has 0 unspecified atom stereocenters. The molecule has 0 fully saturated rings. The smallest absolute Gasteiger partial charge is 0.165 e. The van der Waals surface area contributed by atoms with E-state index in [1.54, 1.807) is 12.4 Å². The molecule has 0 saturated heterocycles. The fourth-order valence-corrected chi connectivity index (χ4v) is 1.67. The summed E-state index contributed by atoms with van der Waals surface area (Å²) >= 11 is 0. The van der Waals surface area contributed by atoms with Gasteiger partial charge in [0.1, 0.15) is 0 Å². The standard InChI is InChI=1S/C12H15N5/c1-2-4-9-7-11(16-17-12(9)15-13)10-5-3-6-14-8-10/h3,5-8H,2,4,13H2,1H3,(H,15,17). The van der Waals surface area contributed by atoms with Crippen molar-refractivity contribution in [3.63, 3.8) is 0 Å². The molecule has 3 N–H and O–H groups in total. The number of hydrogen-bond acceptors (Lipinski definition) is 5. The van der Waals surface area contributed by atoms with Crippen molar-refractivity contribution in [3.05, 3.63) is 36.2 Å². The number of pyridine rings is 1. The number of rotatable bonds is 4. The molecule has 17 heavy (non-hydrogen) atoms. The monoisotopic (exact) mass is 229 g/mol. The Labute approximate surface area is 100 Å². The van der Waals surface area contributed by atoms with Crippen LogP contribution in [0.3, 0.4) is 0 Å². The number of hydrogen-bond donors (Lipinski definition) is 2. The minimum absolute atomic E-state index is 0.638. The first-order chi connectivity index (χ1) is 8.35. The van der Waals surface area contributed by atoms with E-state index in [2.05, 4.69) is 27.5 Å². The fourth-order valence-electron chi connectivity index (χ4n) is 1.67. The summed E-state index contributed by atoms with van der Waals surface area (Å²) in [4.78, 5) is 4.07. The van der Waals surface area contributed by atoms with Gasteiger partial charge in [-0.25, -0.2) is 5.84 Å². The van der Waals surface area contributed by atoms with Crippen molar-refractivity contribution in [2.24, 2.45) is 5.84 Å². The molecule has 5 nitrogen and oxygen atoms in total. The number of nitrogens with one attached hydrogen (secondary N) is 1. The summed E-state index contributed by atoms with van der Waals surface area (Å²) in [5.41, 5.74) is 5.42. The molecule has 0 saturated carbocycles. The Bertz CT molecular complexity index is 484. The van der Waals surface area contributed by atoms with Crippen molar-refractivity contribution in [2.75, 3.05) is 5.43 Å². The average Bonchev–Trinajstić information content (AvgIpc) is 2.40. The van der Waals surface area contributed by atoms with Gasteiger partial charge in [-0.15, -0.1) is 10.2 Å². The van der Waals surface area contributed by atoms with Crippen LogP contribution in [0, 0.1) is 0 Å². The zero-order valence-corrected chi connectivity index (χ0v) is 9.72. The second-order valence-electron chi connectivity index (χ2n) is 3.74. The molecule has 0 radical (unpaired) electrons. The van der Waals surface area contributed by atoms with Crippen molar-refractivity contribution in [1.29, 1.82) is 0 Å². The zero-order chi connectivity index (χ0) is 12.1. The SMILES string of the molecule is CCCc1cc(-c2cccnc2)nnc1NN. The maximum Gasteiger partial charge on any atom is 0.165 e. The van der Waals surface area contributed by atoms with E-state index in [0.717, 1.165) is 29.7 Å². The zero-order valence-electron chi connectivity index (χ0n) is 9.72. The second kappa shape index (κ2) is 5.36. The van der Waals surface area contributed by atoms with Crippen LogP contribution < -0.4 is 11.3 Å². The highest BCUT2D eigenvalue weighted by Crippen LogP contribution is 2.20. The van der Waals surface area contributed by atoms with Crippen LogP contribution in [0.1, 0.15) is 18.9 Å². The van der Waals surface area contributed by atoms with Gasteiger partial charge < -0.3 is 5.43 Å². The van der Waals surface area contributed by atoms with Gasteiger partial charge in [-0.05, 0) is 30.2 Å². The van der Waals surface area contributed by atoms with E-state index in [4.69, 9.17) is 5.84 Å². The molecule has 0 aliphatic heterocycles. The average molecular weight is 229 g/mol. The van der Waals surface area contributed by atoms with Crippen LogP contribution in [-0.2, 0) is 6.42 Å². The Morgan fingerprint density at radius 3 is 2.88 bits per heavy atom. The van der Waals surface area contributed by atoms with Crippen molar-refractivity contribution in [1.82, 2.24) is 15.2 Å². The van der Waals surface area contributed by atoms with Crippen LogP contribution in [0.4, 0.5) is 5.82 Å². The topological polar surface area (TPSA) is 76.7 Å². The Hall–Kier alpha value is -2.01. The lowest BCUT2D eigenvalue weighted by atomic mass is 10.1. The summed E-state index contributed by atoms with van der Waals surface area (Å²) in [6.07, 6.45) is 5.46. The van der Waals surface area contributed by atoms with Crippen molar-refractivity contribution < 1.29 is 0 Å². The Kier molecular flexibility index (Phi) is 3.62. The first kappa shape index (κ1) is 11.5. The normalized spacial score (nSPS) is 10.2. The van der Waals surface area contributed by atoms with Gasteiger partial charge in [0.05, 0.1) is 5.69 Å². The van der Waals surface area contributed by atoms with Crippen LogP contribution >= 0.6 is 0 Å². The third kappa shape index (κ3) is 2.57. The lowest BCUT2D eigenvalue weighted by Gasteiger charge is -2.08. The quantitative estimate of drug-likeness (QED) is 0.617. The maximum atomic E-state index is 5.40. The van der Waals surface area contributed by atoms with E-state index >= 15 is 0 Å². The van der Waals surface area contributed by atoms with Gasteiger partial charge in [-0.1, -0.05) is 13.3 Å². The van der Waals surface area contributed by atoms with Gasteiger partial charge in [0.25, 0.3) is 0 Å². The van der Waals surface area contributed by atoms with Crippen LogP contribution in [0.25, 0.3) is 11.3 Å². The maximum absolute atomic E-state index is 5.40. The van der Waals surface area contributed by atoms with E-state index in [9.17, 15) is 0 Å². The lowest BCUT2D eigenvalue weighted by molar-refractivity contribution is 0.894. The molecule has 0 amide bonds. The highest BCUT2D eigenvalue weighted by atomic mass is 15.3. The Balaban J connectivity index is 2.40. The van der Waals surface area contributed by atoms with Crippen LogP contribution in [-0.4, -0.2) is 15.2 Å². The van der Waals surface area contributed by atoms with Gasteiger partial charge in [0.2, 0.25) is 0 Å². The molecule has 0 aromatic carbocycles. The second-order valence-corrected chi connectivity index (χ2v) is 3.74. The molecule has 2 rings (SSSR count). The van der Waals surface area contributed by atoms with E-state index in [1.807, 2.05) is 18.2 Å². The summed E-state index contributed by atoms with van der Waals surface area (Å²) in [5.74, 6) is 6.04. The van der Waals surface area contributed by atoms with E-state index < -0.39 is 0 Å². The van der Waals surface area contributed by atoms with E-state index in [-0.39, 0.29) is 0 Å². The molecule has 2 aromatic heterocycles. The molecule has 0 bridgehead atoms. The third-order valence-electron chi connectivity index (χ3n) is 2.49. The van der Waals surface area contributed by atoms with E-state index in [1.165, 1.54) is 0 Å². The number of aryl methyl sites for hydroxylation is 1. The molecular weight excluding hydrogens is 214 g/mol. The van der Waals surface area contributed by atoms with Gasteiger partial charge in [-0.3, -0.25) is 4.98 Å². The van der Waals surface area contributed by atoms with Gasteiger partial charge in [0, 0.05) is 18.0 Å². The fraction of sp³-hybridized carbons (Fsp3) is 0.250. The van der Waals surface area contributed by atoms with E-state index in [0.29, 0.717) is 5.82 Å². The summed E-state index contributed by atoms with van der Waals surface area (Å²) in [5, 5.41) is 8.21. The number of hydrazine groups is 1. The Morgan fingerprint density at radius 1 is 1.35 bits per heavy atom. The predicted octanol–water partition coefficient (Wildman–Crippen LogP) is 1.78. The van der Waals surface area contributed by atoms with Gasteiger partial charge >= 0.3 is 0 Å². The number of anilines is 1.